The van der Waals surface area contributed by atoms with Crippen molar-refractivity contribution < 1.29 is 23.5 Å². The Kier molecular flexibility index (Phi) is 6.22. The van der Waals surface area contributed by atoms with Crippen molar-refractivity contribution in [2.75, 3.05) is 19.0 Å². The van der Waals surface area contributed by atoms with Gasteiger partial charge in [-0.3, -0.25) is 14.4 Å². The van der Waals surface area contributed by atoms with Gasteiger partial charge in [-0.1, -0.05) is 0 Å². The molecule has 0 unspecified atom stereocenters. The van der Waals surface area contributed by atoms with Crippen molar-refractivity contribution in [3.63, 3.8) is 0 Å². The van der Waals surface area contributed by atoms with Crippen molar-refractivity contribution in [3.8, 4) is 0 Å². The van der Waals surface area contributed by atoms with E-state index >= 15 is 0 Å². The Morgan fingerprint density at radius 2 is 1.48 bits per heavy atom. The number of benzene rings is 2. The molecule has 2 rings (SSSR count). The van der Waals surface area contributed by atoms with Crippen molar-refractivity contribution in [2.45, 2.75) is 6.42 Å². The fourth-order valence-electron chi connectivity index (χ4n) is 1.99. The molecular weight excluding hydrogens is 327 g/mol. The van der Waals surface area contributed by atoms with E-state index in [9.17, 15) is 18.8 Å². The molecule has 0 aliphatic heterocycles. The largest absolute Gasteiger partial charge is 0.469 e. The van der Waals surface area contributed by atoms with E-state index < -0.39 is 11.8 Å². The third-order valence-corrected chi connectivity index (χ3v) is 3.35. The fraction of sp³-hybridized carbons (Fsp3) is 0.167. The Balaban J connectivity index is 1.90. The highest BCUT2D eigenvalue weighted by atomic mass is 19.1. The summed E-state index contributed by atoms with van der Waals surface area (Å²) in [5.41, 5.74) is 1.22. The quantitative estimate of drug-likeness (QED) is 0.788. The van der Waals surface area contributed by atoms with Crippen LogP contribution in [0.4, 0.5) is 10.1 Å². The minimum absolute atomic E-state index is 0.0913. The van der Waals surface area contributed by atoms with Crippen LogP contribution in [0, 0.1) is 5.82 Å². The maximum absolute atomic E-state index is 12.9. The van der Waals surface area contributed by atoms with Gasteiger partial charge in [0.1, 0.15) is 5.82 Å². The van der Waals surface area contributed by atoms with E-state index in [2.05, 4.69) is 15.4 Å². The van der Waals surface area contributed by atoms with E-state index in [1.165, 1.54) is 31.4 Å². The molecule has 25 heavy (non-hydrogen) atoms. The topological polar surface area (TPSA) is 84.5 Å². The molecule has 0 radical (unpaired) electrons. The van der Waals surface area contributed by atoms with Gasteiger partial charge in [-0.25, -0.2) is 4.39 Å². The van der Waals surface area contributed by atoms with E-state index in [0.717, 1.165) is 0 Å². The first-order chi connectivity index (χ1) is 12.0. The normalized spacial score (nSPS) is 10.0. The van der Waals surface area contributed by atoms with Crippen LogP contribution >= 0.6 is 0 Å². The van der Waals surface area contributed by atoms with Crippen LogP contribution in [0.15, 0.2) is 48.5 Å². The Hall–Kier alpha value is -3.22. The van der Waals surface area contributed by atoms with Gasteiger partial charge in [-0.05, 0) is 48.5 Å². The van der Waals surface area contributed by atoms with Crippen molar-refractivity contribution in [2.24, 2.45) is 0 Å². The van der Waals surface area contributed by atoms with Gasteiger partial charge in [-0.2, -0.15) is 0 Å². The molecule has 0 aliphatic carbocycles. The second-order valence-electron chi connectivity index (χ2n) is 5.12. The Bertz CT molecular complexity index is 758. The van der Waals surface area contributed by atoms with Crippen LogP contribution in [0.25, 0.3) is 0 Å². The third kappa shape index (κ3) is 5.42. The third-order valence-electron chi connectivity index (χ3n) is 3.35. The zero-order valence-corrected chi connectivity index (χ0v) is 13.5. The molecule has 0 heterocycles. The number of rotatable bonds is 6. The van der Waals surface area contributed by atoms with Crippen LogP contribution in [-0.2, 0) is 9.53 Å². The molecule has 6 nitrogen and oxygen atoms in total. The maximum Gasteiger partial charge on any atom is 0.307 e. The first-order valence-electron chi connectivity index (χ1n) is 7.51. The number of anilines is 1. The second kappa shape index (κ2) is 8.58. The highest BCUT2D eigenvalue weighted by molar-refractivity contribution is 6.04. The molecule has 2 aromatic carbocycles. The summed E-state index contributed by atoms with van der Waals surface area (Å²) in [6.45, 7) is 0.175. The fourth-order valence-corrected chi connectivity index (χ4v) is 1.99. The van der Waals surface area contributed by atoms with Crippen molar-refractivity contribution in [1.29, 1.82) is 0 Å². The lowest BCUT2D eigenvalue weighted by atomic mass is 10.1. The number of nitrogens with one attached hydrogen (secondary N) is 2. The highest BCUT2D eigenvalue weighted by Gasteiger charge is 2.09. The molecule has 0 aliphatic rings. The smallest absolute Gasteiger partial charge is 0.307 e. The molecule has 2 amide bonds. The Labute approximate surface area is 144 Å². The summed E-state index contributed by atoms with van der Waals surface area (Å²) in [6, 6.07) is 11.4. The van der Waals surface area contributed by atoms with Crippen molar-refractivity contribution in [3.05, 3.63) is 65.5 Å². The van der Waals surface area contributed by atoms with E-state index in [4.69, 9.17) is 0 Å². The predicted octanol–water partition coefficient (Wildman–Crippen LogP) is 2.37. The van der Waals surface area contributed by atoms with Crippen molar-refractivity contribution >= 4 is 23.5 Å². The van der Waals surface area contributed by atoms with Gasteiger partial charge in [-0.15, -0.1) is 0 Å². The molecule has 0 saturated heterocycles. The average molecular weight is 344 g/mol. The zero-order valence-electron chi connectivity index (χ0n) is 13.5. The SMILES string of the molecule is COC(=O)CCNC(=O)c1ccc(NC(=O)c2ccc(F)cc2)cc1. The van der Waals surface area contributed by atoms with E-state index in [-0.39, 0.29) is 24.8 Å². The minimum Gasteiger partial charge on any atom is -0.469 e. The second-order valence-corrected chi connectivity index (χ2v) is 5.12. The number of ether oxygens (including phenoxy) is 1. The summed E-state index contributed by atoms with van der Waals surface area (Å²) in [4.78, 5) is 34.9. The Morgan fingerprint density at radius 3 is 2.08 bits per heavy atom. The minimum atomic E-state index is -0.417. The number of methoxy groups -OCH3 is 1. The van der Waals surface area contributed by atoms with Crippen LogP contribution in [0.3, 0.4) is 0 Å². The molecule has 2 aromatic rings. The van der Waals surface area contributed by atoms with E-state index in [1.54, 1.807) is 24.3 Å². The van der Waals surface area contributed by atoms with Gasteiger partial charge < -0.3 is 15.4 Å². The van der Waals surface area contributed by atoms with Crippen LogP contribution in [0.5, 0.6) is 0 Å². The first kappa shape index (κ1) is 18.1. The van der Waals surface area contributed by atoms with Gasteiger partial charge in [0.25, 0.3) is 11.8 Å². The predicted molar refractivity (Wildman–Crippen MR) is 89.8 cm³/mol. The molecule has 7 heteroatoms. The summed E-state index contributed by atoms with van der Waals surface area (Å²) in [7, 11) is 1.28. The van der Waals surface area contributed by atoms with Gasteiger partial charge in [0, 0.05) is 23.4 Å². The van der Waals surface area contributed by atoms with E-state index in [0.29, 0.717) is 16.8 Å². The molecule has 0 bridgehead atoms. The molecule has 0 fully saturated rings. The highest BCUT2D eigenvalue weighted by Crippen LogP contribution is 2.12. The Morgan fingerprint density at radius 1 is 0.920 bits per heavy atom. The van der Waals surface area contributed by atoms with E-state index in [1.807, 2.05) is 0 Å². The summed E-state index contributed by atoms with van der Waals surface area (Å²) in [6.07, 6.45) is 0.0913. The van der Waals surface area contributed by atoms with Gasteiger partial charge >= 0.3 is 5.97 Å². The number of esters is 1. The van der Waals surface area contributed by atoms with Crippen LogP contribution in [0.1, 0.15) is 27.1 Å². The van der Waals surface area contributed by atoms with Crippen LogP contribution in [-0.4, -0.2) is 31.4 Å². The van der Waals surface area contributed by atoms with Crippen LogP contribution < -0.4 is 10.6 Å². The molecule has 0 saturated carbocycles. The number of carbonyl (C=O) groups excluding carboxylic acids is 3. The maximum atomic E-state index is 12.9. The molecule has 0 atom stereocenters. The molecule has 0 spiro atoms. The summed E-state index contributed by atoms with van der Waals surface area (Å²) in [5.74, 6) is -1.53. The number of hydrogen-bond donors (Lipinski definition) is 2. The lowest BCUT2D eigenvalue weighted by Gasteiger charge is -2.07. The molecule has 130 valence electrons. The lowest BCUT2D eigenvalue weighted by Crippen LogP contribution is -2.26. The molecule has 2 N–H and O–H groups in total. The molecule has 0 aromatic heterocycles. The zero-order chi connectivity index (χ0) is 18.2. The summed E-state index contributed by atoms with van der Waals surface area (Å²) < 4.78 is 17.3. The monoisotopic (exact) mass is 344 g/mol. The summed E-state index contributed by atoms with van der Waals surface area (Å²) >= 11 is 0. The van der Waals surface area contributed by atoms with Crippen LogP contribution in [0.2, 0.25) is 0 Å². The average Bonchev–Trinajstić information content (AvgIpc) is 2.62. The number of halogens is 1. The van der Waals surface area contributed by atoms with Gasteiger partial charge in [0.15, 0.2) is 0 Å². The van der Waals surface area contributed by atoms with Gasteiger partial charge in [0.2, 0.25) is 0 Å². The molecular formula is C18H17FN2O4. The number of hydrogen-bond acceptors (Lipinski definition) is 4. The van der Waals surface area contributed by atoms with Gasteiger partial charge in [0.05, 0.1) is 13.5 Å². The summed E-state index contributed by atoms with van der Waals surface area (Å²) in [5, 5.41) is 5.25. The lowest BCUT2D eigenvalue weighted by molar-refractivity contribution is -0.140. The van der Waals surface area contributed by atoms with Crippen molar-refractivity contribution in [1.82, 2.24) is 5.32 Å². The standard InChI is InChI=1S/C18H17FN2O4/c1-25-16(22)10-11-20-17(23)12-4-8-15(9-5-12)21-18(24)13-2-6-14(19)7-3-13/h2-9H,10-11H2,1H3,(H,20,23)(H,21,24). The number of amides is 2. The first-order valence-corrected chi connectivity index (χ1v) is 7.51. The number of carbonyl (C=O) groups is 3.